The molecule has 1 aromatic carbocycles. The average Bonchev–Trinajstić information content (AvgIpc) is 2.45. The van der Waals surface area contributed by atoms with Crippen molar-refractivity contribution in [1.82, 2.24) is 10.2 Å². The third-order valence-corrected chi connectivity index (χ3v) is 4.12. The molecule has 0 fully saturated rings. The summed E-state index contributed by atoms with van der Waals surface area (Å²) in [7, 11) is 3.98. The van der Waals surface area contributed by atoms with Crippen LogP contribution in [-0.2, 0) is 11.2 Å². The van der Waals surface area contributed by atoms with Gasteiger partial charge in [-0.05, 0) is 37.6 Å². The lowest BCUT2D eigenvalue weighted by atomic mass is 9.83. The highest BCUT2D eigenvalue weighted by Crippen LogP contribution is 2.32. The fraction of sp³-hybridized carbons (Fsp3) is 0.625. The van der Waals surface area contributed by atoms with E-state index in [1.54, 1.807) is 7.11 Å². The number of aryl methyl sites for hydroxylation is 1. The molecule has 0 heterocycles. The van der Waals surface area contributed by atoms with Gasteiger partial charge in [0.25, 0.3) is 0 Å². The number of nitrogens with zero attached hydrogens (tertiary/aromatic N) is 1. The molecule has 2 unspecified atom stereocenters. The van der Waals surface area contributed by atoms with Crippen LogP contribution in [0.2, 0.25) is 0 Å². The Morgan fingerprint density at radius 1 is 1.37 bits per heavy atom. The van der Waals surface area contributed by atoms with Gasteiger partial charge in [0.05, 0.1) is 6.61 Å². The van der Waals surface area contributed by atoms with Gasteiger partial charge >= 0.3 is 0 Å². The van der Waals surface area contributed by atoms with Crippen LogP contribution in [0.5, 0.6) is 0 Å². The number of nitrogens with one attached hydrogen (secondary N) is 1. The molecule has 1 aliphatic rings. The van der Waals surface area contributed by atoms with Crippen molar-refractivity contribution >= 4 is 0 Å². The van der Waals surface area contributed by atoms with Crippen LogP contribution in [0, 0.1) is 0 Å². The van der Waals surface area contributed by atoms with Crippen LogP contribution in [-0.4, -0.2) is 44.8 Å². The van der Waals surface area contributed by atoms with Crippen molar-refractivity contribution in [1.29, 1.82) is 0 Å². The number of hydrogen-bond donors (Lipinski definition) is 1. The minimum absolute atomic E-state index is 0.441. The Labute approximate surface area is 116 Å². The Balaban J connectivity index is 2.16. The molecule has 19 heavy (non-hydrogen) atoms. The molecular weight excluding hydrogens is 236 g/mol. The largest absolute Gasteiger partial charge is 0.383 e. The summed E-state index contributed by atoms with van der Waals surface area (Å²) in [6.45, 7) is 4.98. The zero-order chi connectivity index (χ0) is 13.7. The minimum atomic E-state index is 0.441. The number of rotatable bonds is 6. The van der Waals surface area contributed by atoms with Gasteiger partial charge in [0.15, 0.2) is 0 Å². The smallest absolute Gasteiger partial charge is 0.0589 e. The summed E-state index contributed by atoms with van der Waals surface area (Å²) in [5, 5.41) is 3.67. The number of methoxy groups -OCH3 is 1. The topological polar surface area (TPSA) is 24.5 Å². The van der Waals surface area contributed by atoms with Crippen LogP contribution in [0.4, 0.5) is 0 Å². The second kappa shape index (κ2) is 7.04. The quantitative estimate of drug-likeness (QED) is 0.851. The zero-order valence-corrected chi connectivity index (χ0v) is 12.4. The third kappa shape index (κ3) is 3.35. The summed E-state index contributed by atoms with van der Waals surface area (Å²) in [6, 6.07) is 9.85. The second-order valence-electron chi connectivity index (χ2n) is 5.31. The summed E-state index contributed by atoms with van der Waals surface area (Å²) in [4.78, 5) is 2.44. The summed E-state index contributed by atoms with van der Waals surface area (Å²) in [5.41, 5.74) is 2.98. The molecule has 0 saturated heterocycles. The van der Waals surface area contributed by atoms with E-state index in [1.807, 2.05) is 0 Å². The van der Waals surface area contributed by atoms with E-state index < -0.39 is 0 Å². The van der Waals surface area contributed by atoms with Gasteiger partial charge in [-0.25, -0.2) is 0 Å². The number of hydrogen-bond acceptors (Lipinski definition) is 3. The Hall–Kier alpha value is -0.900. The predicted molar refractivity (Wildman–Crippen MR) is 79.5 cm³/mol. The molecule has 106 valence electrons. The zero-order valence-electron chi connectivity index (χ0n) is 12.4. The first-order chi connectivity index (χ1) is 9.27. The molecule has 2 rings (SSSR count). The van der Waals surface area contributed by atoms with Gasteiger partial charge in [0.2, 0.25) is 0 Å². The highest BCUT2D eigenvalue weighted by atomic mass is 16.5. The van der Waals surface area contributed by atoms with E-state index in [1.165, 1.54) is 24.0 Å². The maximum absolute atomic E-state index is 5.21. The van der Waals surface area contributed by atoms with Gasteiger partial charge in [-0.3, -0.25) is 4.90 Å². The van der Waals surface area contributed by atoms with Crippen molar-refractivity contribution in [2.45, 2.75) is 31.8 Å². The average molecular weight is 262 g/mol. The molecule has 0 amide bonds. The molecule has 3 nitrogen and oxygen atoms in total. The molecular formula is C16H26N2O. The molecule has 1 aromatic rings. The van der Waals surface area contributed by atoms with Gasteiger partial charge in [0.1, 0.15) is 0 Å². The van der Waals surface area contributed by atoms with E-state index in [0.29, 0.717) is 12.1 Å². The molecule has 0 spiro atoms. The number of fused-ring (bicyclic) bond motifs is 1. The van der Waals surface area contributed by atoms with Gasteiger partial charge in [-0.2, -0.15) is 0 Å². The summed E-state index contributed by atoms with van der Waals surface area (Å²) in [5.74, 6) is 0. The first-order valence-corrected chi connectivity index (χ1v) is 7.28. The van der Waals surface area contributed by atoms with Crippen LogP contribution in [0.25, 0.3) is 0 Å². The molecule has 1 aliphatic carbocycles. The van der Waals surface area contributed by atoms with E-state index >= 15 is 0 Å². The van der Waals surface area contributed by atoms with E-state index in [-0.39, 0.29) is 0 Å². The van der Waals surface area contributed by atoms with Crippen LogP contribution in [0.1, 0.15) is 30.5 Å². The molecule has 0 radical (unpaired) electrons. The van der Waals surface area contributed by atoms with E-state index in [2.05, 4.69) is 48.5 Å². The second-order valence-corrected chi connectivity index (χ2v) is 5.31. The SMILES string of the molecule is CCNC1c2ccccc2CCC1N(C)CCOC. The van der Waals surface area contributed by atoms with E-state index in [9.17, 15) is 0 Å². The summed E-state index contributed by atoms with van der Waals surface area (Å²) >= 11 is 0. The number of likely N-dealkylation sites (N-methyl/N-ethyl adjacent to an activating group) is 2. The molecule has 0 bridgehead atoms. The van der Waals surface area contributed by atoms with Crippen molar-refractivity contribution in [3.63, 3.8) is 0 Å². The molecule has 0 aromatic heterocycles. The molecule has 0 aliphatic heterocycles. The number of benzene rings is 1. The molecule has 0 saturated carbocycles. The standard InChI is InChI=1S/C16H26N2O/c1-4-17-16-14-8-6-5-7-13(14)9-10-15(16)18(2)11-12-19-3/h5-8,15-17H,4,9-12H2,1-3H3. The van der Waals surface area contributed by atoms with Crippen molar-refractivity contribution in [2.75, 3.05) is 33.9 Å². The Kier molecular flexibility index (Phi) is 5.37. The predicted octanol–water partition coefficient (Wildman–Crippen LogP) is 2.23. The van der Waals surface area contributed by atoms with Gasteiger partial charge in [0, 0.05) is 25.7 Å². The van der Waals surface area contributed by atoms with Crippen LogP contribution < -0.4 is 5.32 Å². The molecule has 2 atom stereocenters. The lowest BCUT2D eigenvalue weighted by Crippen LogP contribution is -2.46. The fourth-order valence-corrected chi connectivity index (χ4v) is 3.08. The van der Waals surface area contributed by atoms with E-state index in [0.717, 1.165) is 19.7 Å². The highest BCUT2D eigenvalue weighted by Gasteiger charge is 2.31. The van der Waals surface area contributed by atoms with Gasteiger partial charge in [-0.15, -0.1) is 0 Å². The van der Waals surface area contributed by atoms with Crippen molar-refractivity contribution < 1.29 is 4.74 Å². The Bertz CT molecular complexity index is 394. The van der Waals surface area contributed by atoms with Crippen molar-refractivity contribution in [2.24, 2.45) is 0 Å². The van der Waals surface area contributed by atoms with Crippen LogP contribution in [0.15, 0.2) is 24.3 Å². The first kappa shape index (κ1) is 14.5. The third-order valence-electron chi connectivity index (χ3n) is 4.12. The fourth-order valence-electron chi connectivity index (χ4n) is 3.08. The number of ether oxygens (including phenoxy) is 1. The summed E-state index contributed by atoms with van der Waals surface area (Å²) in [6.07, 6.45) is 2.40. The van der Waals surface area contributed by atoms with E-state index in [4.69, 9.17) is 4.74 Å². The van der Waals surface area contributed by atoms with Crippen LogP contribution in [0.3, 0.4) is 0 Å². The molecule has 3 heteroatoms. The summed E-state index contributed by atoms with van der Waals surface area (Å²) < 4.78 is 5.21. The first-order valence-electron chi connectivity index (χ1n) is 7.28. The maximum Gasteiger partial charge on any atom is 0.0589 e. The van der Waals surface area contributed by atoms with Crippen LogP contribution >= 0.6 is 0 Å². The van der Waals surface area contributed by atoms with Gasteiger partial charge in [-0.1, -0.05) is 31.2 Å². The normalized spacial score (nSPS) is 22.5. The Morgan fingerprint density at radius 3 is 2.89 bits per heavy atom. The van der Waals surface area contributed by atoms with Crippen molar-refractivity contribution in [3.8, 4) is 0 Å². The highest BCUT2D eigenvalue weighted by molar-refractivity contribution is 5.34. The minimum Gasteiger partial charge on any atom is -0.383 e. The molecule has 1 N–H and O–H groups in total. The lowest BCUT2D eigenvalue weighted by Gasteiger charge is -2.39. The van der Waals surface area contributed by atoms with Crippen molar-refractivity contribution in [3.05, 3.63) is 35.4 Å². The maximum atomic E-state index is 5.21. The lowest BCUT2D eigenvalue weighted by molar-refractivity contribution is 0.115. The Morgan fingerprint density at radius 2 is 2.16 bits per heavy atom. The monoisotopic (exact) mass is 262 g/mol. The van der Waals surface area contributed by atoms with Gasteiger partial charge < -0.3 is 10.1 Å².